The van der Waals surface area contributed by atoms with Crippen LogP contribution in [0.1, 0.15) is 24.1 Å². The Morgan fingerprint density at radius 3 is 1.85 bits per heavy atom. The summed E-state index contributed by atoms with van der Waals surface area (Å²) in [5, 5.41) is 3.16. The Labute approximate surface area is 200 Å². The minimum Gasteiger partial charge on any atom is -0.344 e. The predicted octanol–water partition coefficient (Wildman–Crippen LogP) is 3.43. The summed E-state index contributed by atoms with van der Waals surface area (Å²) >= 11 is 0. The number of piperazine rings is 1. The van der Waals surface area contributed by atoms with Crippen molar-refractivity contribution in [2.24, 2.45) is 0 Å². The van der Waals surface area contributed by atoms with Gasteiger partial charge < -0.3 is 5.32 Å². The fourth-order valence-electron chi connectivity index (χ4n) is 4.20. The number of nitrogens with one attached hydrogen (secondary N) is 1. The van der Waals surface area contributed by atoms with Crippen LogP contribution in [0.4, 0.5) is 4.39 Å². The van der Waals surface area contributed by atoms with Gasteiger partial charge in [0, 0.05) is 26.2 Å². The van der Waals surface area contributed by atoms with Crippen LogP contribution >= 0.6 is 0 Å². The second kappa shape index (κ2) is 10.5. The van der Waals surface area contributed by atoms with Crippen LogP contribution in [0.5, 0.6) is 0 Å². The zero-order chi connectivity index (χ0) is 24.1. The van der Waals surface area contributed by atoms with E-state index in [1.807, 2.05) is 72.5 Å². The SMILES string of the molecule is CC(C(=O)NC(c1ccccc1)c1ccccc1)N1CCN(S(=O)(=O)c2ccccc2F)CC1. The second-order valence-corrected chi connectivity index (χ2v) is 10.2. The summed E-state index contributed by atoms with van der Waals surface area (Å²) in [5.41, 5.74) is 1.96. The van der Waals surface area contributed by atoms with Crippen LogP contribution in [0.25, 0.3) is 0 Å². The van der Waals surface area contributed by atoms with Gasteiger partial charge in [-0.25, -0.2) is 12.8 Å². The van der Waals surface area contributed by atoms with Gasteiger partial charge >= 0.3 is 0 Å². The molecule has 1 saturated heterocycles. The lowest BCUT2D eigenvalue weighted by atomic mass is 9.98. The molecule has 1 fully saturated rings. The summed E-state index contributed by atoms with van der Waals surface area (Å²) in [7, 11) is -3.92. The number of carbonyl (C=O) groups is 1. The second-order valence-electron chi connectivity index (χ2n) is 8.31. The molecule has 6 nitrogen and oxygen atoms in total. The largest absolute Gasteiger partial charge is 0.344 e. The van der Waals surface area contributed by atoms with E-state index in [-0.39, 0.29) is 29.9 Å². The van der Waals surface area contributed by atoms with Crippen LogP contribution in [0, 0.1) is 5.82 Å². The monoisotopic (exact) mass is 481 g/mol. The minimum absolute atomic E-state index is 0.136. The van der Waals surface area contributed by atoms with Gasteiger partial charge in [0.25, 0.3) is 0 Å². The third-order valence-corrected chi connectivity index (χ3v) is 8.14. The van der Waals surface area contributed by atoms with Gasteiger partial charge in [0.05, 0.1) is 12.1 Å². The van der Waals surface area contributed by atoms with Crippen LogP contribution in [0.15, 0.2) is 89.8 Å². The lowest BCUT2D eigenvalue weighted by molar-refractivity contribution is -0.126. The normalized spacial score (nSPS) is 16.3. The first-order chi connectivity index (χ1) is 16.4. The van der Waals surface area contributed by atoms with Gasteiger partial charge in [-0.1, -0.05) is 72.8 Å². The van der Waals surface area contributed by atoms with Crippen molar-refractivity contribution in [2.45, 2.75) is 23.9 Å². The maximum absolute atomic E-state index is 14.1. The molecule has 0 bridgehead atoms. The van der Waals surface area contributed by atoms with E-state index < -0.39 is 21.9 Å². The number of carbonyl (C=O) groups excluding carboxylic acids is 1. The molecule has 1 unspecified atom stereocenters. The van der Waals surface area contributed by atoms with Crippen molar-refractivity contribution in [3.63, 3.8) is 0 Å². The number of halogens is 1. The lowest BCUT2D eigenvalue weighted by Crippen LogP contribution is -2.55. The highest BCUT2D eigenvalue weighted by molar-refractivity contribution is 7.89. The molecule has 1 aliphatic rings. The topological polar surface area (TPSA) is 69.7 Å². The molecular formula is C26H28FN3O3S. The molecule has 3 aromatic rings. The Hall–Kier alpha value is -3.07. The number of benzene rings is 3. The summed E-state index contributed by atoms with van der Waals surface area (Å²) in [4.78, 5) is 14.8. The first kappa shape index (κ1) is 24.1. The van der Waals surface area contributed by atoms with Crippen molar-refractivity contribution in [2.75, 3.05) is 26.2 Å². The van der Waals surface area contributed by atoms with E-state index in [2.05, 4.69) is 5.32 Å². The van der Waals surface area contributed by atoms with Gasteiger partial charge in [-0.05, 0) is 30.2 Å². The van der Waals surface area contributed by atoms with Gasteiger partial charge in [-0.2, -0.15) is 4.31 Å². The van der Waals surface area contributed by atoms with Gasteiger partial charge in [-0.3, -0.25) is 9.69 Å². The molecule has 0 saturated carbocycles. The number of nitrogens with zero attached hydrogens (tertiary/aromatic N) is 2. The molecule has 1 atom stereocenters. The van der Waals surface area contributed by atoms with Crippen molar-refractivity contribution >= 4 is 15.9 Å². The van der Waals surface area contributed by atoms with Crippen LogP contribution in [0.3, 0.4) is 0 Å². The number of hydrogen-bond donors (Lipinski definition) is 1. The summed E-state index contributed by atoms with van der Waals surface area (Å²) < 4.78 is 41.1. The molecule has 0 spiro atoms. The van der Waals surface area contributed by atoms with Crippen molar-refractivity contribution in [3.8, 4) is 0 Å². The fraction of sp³-hybridized carbons (Fsp3) is 0.269. The highest BCUT2D eigenvalue weighted by Crippen LogP contribution is 2.23. The Kier molecular flexibility index (Phi) is 7.41. The Bertz CT molecular complexity index is 1170. The van der Waals surface area contributed by atoms with E-state index in [0.717, 1.165) is 17.2 Å². The van der Waals surface area contributed by atoms with Crippen molar-refractivity contribution < 1.29 is 17.6 Å². The molecule has 34 heavy (non-hydrogen) atoms. The fourth-order valence-corrected chi connectivity index (χ4v) is 5.69. The first-order valence-electron chi connectivity index (χ1n) is 11.3. The number of sulfonamides is 1. The standard InChI is InChI=1S/C26H28FN3O3S/c1-20(26(31)28-25(21-10-4-2-5-11-21)22-12-6-3-7-13-22)29-16-18-30(19-17-29)34(32,33)24-15-9-8-14-23(24)27/h2-15,20,25H,16-19H2,1H3,(H,28,31). The number of amides is 1. The Morgan fingerprint density at radius 1 is 0.824 bits per heavy atom. The van der Waals surface area contributed by atoms with Crippen LogP contribution < -0.4 is 5.32 Å². The lowest BCUT2D eigenvalue weighted by Gasteiger charge is -2.37. The van der Waals surface area contributed by atoms with E-state index in [4.69, 9.17) is 0 Å². The van der Waals surface area contributed by atoms with Crippen molar-refractivity contribution in [1.82, 2.24) is 14.5 Å². The van der Waals surface area contributed by atoms with Gasteiger partial charge in [0.15, 0.2) is 0 Å². The summed E-state index contributed by atoms with van der Waals surface area (Å²) in [6.07, 6.45) is 0. The summed E-state index contributed by atoms with van der Waals surface area (Å²) in [6.45, 7) is 2.96. The maximum atomic E-state index is 14.1. The Balaban J connectivity index is 1.43. The zero-order valence-electron chi connectivity index (χ0n) is 19.0. The summed E-state index contributed by atoms with van der Waals surface area (Å²) in [6, 6.07) is 24.2. The molecule has 8 heteroatoms. The molecule has 4 rings (SSSR count). The van der Waals surface area contributed by atoms with Crippen LogP contribution in [-0.2, 0) is 14.8 Å². The highest BCUT2D eigenvalue weighted by atomic mass is 32.2. The molecule has 3 aromatic carbocycles. The summed E-state index contributed by atoms with van der Waals surface area (Å²) in [5.74, 6) is -0.895. The Morgan fingerprint density at radius 2 is 1.32 bits per heavy atom. The van der Waals surface area contributed by atoms with E-state index in [9.17, 15) is 17.6 Å². The van der Waals surface area contributed by atoms with E-state index in [1.165, 1.54) is 22.5 Å². The average molecular weight is 482 g/mol. The predicted molar refractivity (Wildman–Crippen MR) is 129 cm³/mol. The van der Waals surface area contributed by atoms with Crippen molar-refractivity contribution in [3.05, 3.63) is 102 Å². The van der Waals surface area contributed by atoms with E-state index >= 15 is 0 Å². The molecule has 178 valence electrons. The van der Waals surface area contributed by atoms with E-state index in [0.29, 0.717) is 13.1 Å². The molecule has 1 aliphatic heterocycles. The van der Waals surface area contributed by atoms with Gasteiger partial charge in [-0.15, -0.1) is 0 Å². The molecule has 0 aliphatic carbocycles. The van der Waals surface area contributed by atoms with Crippen molar-refractivity contribution in [1.29, 1.82) is 0 Å². The highest BCUT2D eigenvalue weighted by Gasteiger charge is 2.33. The zero-order valence-corrected chi connectivity index (χ0v) is 19.8. The number of rotatable bonds is 7. The van der Waals surface area contributed by atoms with E-state index in [1.54, 1.807) is 0 Å². The molecule has 1 heterocycles. The van der Waals surface area contributed by atoms with Crippen LogP contribution in [0.2, 0.25) is 0 Å². The molecule has 1 amide bonds. The molecule has 0 radical (unpaired) electrons. The van der Waals surface area contributed by atoms with Gasteiger partial charge in [0.1, 0.15) is 10.7 Å². The minimum atomic E-state index is -3.92. The third-order valence-electron chi connectivity index (χ3n) is 6.21. The molecule has 0 aromatic heterocycles. The average Bonchev–Trinajstić information content (AvgIpc) is 2.88. The quantitative estimate of drug-likeness (QED) is 0.562. The van der Waals surface area contributed by atoms with Crippen LogP contribution in [-0.4, -0.2) is 55.8 Å². The van der Waals surface area contributed by atoms with Gasteiger partial charge in [0.2, 0.25) is 15.9 Å². The molecule has 1 N–H and O–H groups in total. The molecular weight excluding hydrogens is 453 g/mol. The smallest absolute Gasteiger partial charge is 0.246 e. The first-order valence-corrected chi connectivity index (χ1v) is 12.7. The maximum Gasteiger partial charge on any atom is 0.246 e. The third kappa shape index (κ3) is 5.19. The number of hydrogen-bond acceptors (Lipinski definition) is 4.